The summed E-state index contributed by atoms with van der Waals surface area (Å²) in [5.74, 6) is 0.475. The number of aromatic nitrogens is 1. The number of nitrogens with zero attached hydrogens (tertiary/aromatic N) is 2. The summed E-state index contributed by atoms with van der Waals surface area (Å²) < 4.78 is 5.65. The van der Waals surface area contributed by atoms with Crippen molar-refractivity contribution < 1.29 is 4.74 Å². The third kappa shape index (κ3) is 3.33. The van der Waals surface area contributed by atoms with Crippen LogP contribution in [-0.2, 0) is 10.6 Å². The normalized spacial score (nSPS) is 17.4. The Morgan fingerprint density at radius 1 is 1.47 bits per heavy atom. The van der Waals surface area contributed by atoms with Crippen LogP contribution in [0.1, 0.15) is 25.5 Å². The van der Waals surface area contributed by atoms with Crippen LogP contribution in [0.3, 0.4) is 0 Å². The Labute approximate surface area is 108 Å². The van der Waals surface area contributed by atoms with Gasteiger partial charge in [0.05, 0.1) is 17.7 Å². The number of halogens is 1. The molecule has 94 valence electrons. The molecule has 1 aromatic rings. The summed E-state index contributed by atoms with van der Waals surface area (Å²) in [4.78, 5) is 6.60. The van der Waals surface area contributed by atoms with E-state index in [-0.39, 0.29) is 0 Å². The van der Waals surface area contributed by atoms with Crippen LogP contribution >= 0.6 is 11.6 Å². The highest BCUT2D eigenvalue weighted by Gasteiger charge is 2.19. The number of anilines is 1. The quantitative estimate of drug-likeness (QED) is 0.773. The first kappa shape index (κ1) is 12.7. The minimum Gasteiger partial charge on any atom is -0.378 e. The molecule has 1 saturated heterocycles. The molecule has 0 amide bonds. The fourth-order valence-corrected chi connectivity index (χ4v) is 2.40. The molecule has 0 atom stereocenters. The van der Waals surface area contributed by atoms with Gasteiger partial charge in [0.25, 0.3) is 0 Å². The van der Waals surface area contributed by atoms with Crippen molar-refractivity contribution in [1.82, 2.24) is 4.98 Å². The lowest BCUT2D eigenvalue weighted by Crippen LogP contribution is -2.37. The van der Waals surface area contributed by atoms with Crippen LogP contribution in [0.15, 0.2) is 18.3 Å². The maximum absolute atomic E-state index is 5.80. The van der Waals surface area contributed by atoms with Gasteiger partial charge in [-0.25, -0.2) is 0 Å². The Hall–Kier alpha value is -0.800. The molecule has 0 N–H and O–H groups in total. The number of piperidine rings is 1. The zero-order valence-corrected chi connectivity index (χ0v) is 11.0. The van der Waals surface area contributed by atoms with E-state index in [1.54, 1.807) is 0 Å². The van der Waals surface area contributed by atoms with E-state index >= 15 is 0 Å². The highest BCUT2D eigenvalue weighted by atomic mass is 35.5. The molecule has 1 aromatic heterocycles. The molecule has 0 unspecified atom stereocenters. The van der Waals surface area contributed by atoms with Crippen LogP contribution in [0, 0.1) is 0 Å². The molecule has 3 nitrogen and oxygen atoms in total. The Morgan fingerprint density at radius 3 is 2.88 bits per heavy atom. The average molecular weight is 255 g/mol. The second-order valence-corrected chi connectivity index (χ2v) is 4.55. The van der Waals surface area contributed by atoms with Gasteiger partial charge in [-0.15, -0.1) is 11.6 Å². The first-order valence-corrected chi connectivity index (χ1v) is 6.74. The van der Waals surface area contributed by atoms with Gasteiger partial charge in [0.15, 0.2) is 0 Å². The van der Waals surface area contributed by atoms with Crippen molar-refractivity contribution in [1.29, 1.82) is 0 Å². The van der Waals surface area contributed by atoms with Crippen molar-refractivity contribution >= 4 is 17.3 Å². The summed E-state index contributed by atoms with van der Waals surface area (Å²) in [6.45, 7) is 4.98. The Kier molecular flexibility index (Phi) is 4.63. The van der Waals surface area contributed by atoms with Crippen LogP contribution in [0.5, 0.6) is 0 Å². The fourth-order valence-electron chi connectivity index (χ4n) is 2.25. The van der Waals surface area contributed by atoms with Gasteiger partial charge < -0.3 is 9.64 Å². The van der Waals surface area contributed by atoms with Crippen molar-refractivity contribution in [3.63, 3.8) is 0 Å². The highest BCUT2D eigenvalue weighted by molar-refractivity contribution is 6.16. The van der Waals surface area contributed by atoms with E-state index in [2.05, 4.69) is 28.9 Å². The monoisotopic (exact) mass is 254 g/mol. The lowest BCUT2D eigenvalue weighted by Gasteiger charge is -2.33. The summed E-state index contributed by atoms with van der Waals surface area (Å²) in [6.07, 6.45) is 4.48. The predicted octanol–water partition coefficient (Wildman–Crippen LogP) is 2.83. The molecule has 0 radical (unpaired) electrons. The molecule has 2 rings (SSSR count). The number of pyridine rings is 1. The van der Waals surface area contributed by atoms with E-state index in [0.29, 0.717) is 12.0 Å². The van der Waals surface area contributed by atoms with Crippen LogP contribution in [0.25, 0.3) is 0 Å². The van der Waals surface area contributed by atoms with Gasteiger partial charge in [0.1, 0.15) is 0 Å². The minimum absolute atomic E-state index is 0.436. The van der Waals surface area contributed by atoms with Crippen molar-refractivity contribution in [3.8, 4) is 0 Å². The van der Waals surface area contributed by atoms with Crippen LogP contribution in [0.2, 0.25) is 0 Å². The van der Waals surface area contributed by atoms with Gasteiger partial charge in [-0.3, -0.25) is 4.98 Å². The average Bonchev–Trinajstić information content (AvgIpc) is 2.40. The van der Waals surface area contributed by atoms with E-state index in [4.69, 9.17) is 16.3 Å². The van der Waals surface area contributed by atoms with E-state index in [9.17, 15) is 0 Å². The summed E-state index contributed by atoms with van der Waals surface area (Å²) in [6, 6.07) is 4.13. The lowest BCUT2D eigenvalue weighted by atomic mass is 10.1. The standard InChI is InChI=1S/C13H19ClN2O/c1-2-17-13-4-7-16(8-5-13)12-3-6-15-11(9-12)10-14/h3,6,9,13H,2,4-5,7-8,10H2,1H3. The van der Waals surface area contributed by atoms with Crippen molar-refractivity contribution in [2.24, 2.45) is 0 Å². The molecular weight excluding hydrogens is 236 g/mol. The highest BCUT2D eigenvalue weighted by Crippen LogP contribution is 2.21. The molecule has 17 heavy (non-hydrogen) atoms. The topological polar surface area (TPSA) is 25.4 Å². The van der Waals surface area contributed by atoms with Crippen LogP contribution in [-0.4, -0.2) is 30.8 Å². The molecule has 0 bridgehead atoms. The van der Waals surface area contributed by atoms with Gasteiger partial charge in [0, 0.05) is 31.6 Å². The van der Waals surface area contributed by atoms with Gasteiger partial charge in [-0.1, -0.05) is 0 Å². The SMILES string of the molecule is CCOC1CCN(c2ccnc(CCl)c2)CC1. The lowest BCUT2D eigenvalue weighted by molar-refractivity contribution is 0.0459. The smallest absolute Gasteiger partial charge is 0.0648 e. The Morgan fingerprint density at radius 2 is 2.24 bits per heavy atom. The van der Waals surface area contributed by atoms with Gasteiger partial charge in [-0.05, 0) is 31.9 Å². The second-order valence-electron chi connectivity index (χ2n) is 4.28. The summed E-state index contributed by atoms with van der Waals surface area (Å²) in [5.41, 5.74) is 2.17. The van der Waals surface area contributed by atoms with E-state index in [0.717, 1.165) is 38.2 Å². The minimum atomic E-state index is 0.436. The second kappa shape index (κ2) is 6.22. The maximum Gasteiger partial charge on any atom is 0.0648 e. The van der Waals surface area contributed by atoms with Crippen molar-refractivity contribution in [2.45, 2.75) is 31.7 Å². The van der Waals surface area contributed by atoms with E-state index in [1.807, 2.05) is 6.20 Å². The molecule has 1 aliphatic rings. The van der Waals surface area contributed by atoms with Gasteiger partial charge in [-0.2, -0.15) is 0 Å². The van der Waals surface area contributed by atoms with Crippen molar-refractivity contribution in [3.05, 3.63) is 24.0 Å². The number of ether oxygens (including phenoxy) is 1. The number of hydrogen-bond donors (Lipinski definition) is 0. The molecule has 0 spiro atoms. The molecule has 1 aliphatic heterocycles. The first-order chi connectivity index (χ1) is 8.33. The number of hydrogen-bond acceptors (Lipinski definition) is 3. The summed E-state index contributed by atoms with van der Waals surface area (Å²) in [5, 5.41) is 0. The first-order valence-electron chi connectivity index (χ1n) is 6.21. The van der Waals surface area contributed by atoms with Crippen molar-refractivity contribution in [2.75, 3.05) is 24.6 Å². The molecule has 0 aliphatic carbocycles. The van der Waals surface area contributed by atoms with E-state index < -0.39 is 0 Å². The van der Waals surface area contributed by atoms with Crippen LogP contribution in [0.4, 0.5) is 5.69 Å². The maximum atomic E-state index is 5.80. The van der Waals surface area contributed by atoms with Crippen LogP contribution < -0.4 is 4.90 Å². The molecule has 0 saturated carbocycles. The molecular formula is C13H19ClN2O. The summed E-state index contributed by atoms with van der Waals surface area (Å²) >= 11 is 5.80. The molecule has 0 aromatic carbocycles. The molecule has 4 heteroatoms. The zero-order chi connectivity index (χ0) is 12.1. The predicted molar refractivity (Wildman–Crippen MR) is 70.7 cm³/mol. The fraction of sp³-hybridized carbons (Fsp3) is 0.615. The van der Waals surface area contributed by atoms with Gasteiger partial charge in [0.2, 0.25) is 0 Å². The molecule has 1 fully saturated rings. The van der Waals surface area contributed by atoms with Gasteiger partial charge >= 0.3 is 0 Å². The number of rotatable bonds is 4. The Bertz CT molecular complexity index is 351. The zero-order valence-electron chi connectivity index (χ0n) is 10.2. The Balaban J connectivity index is 1.95. The third-order valence-electron chi connectivity index (χ3n) is 3.15. The molecule has 2 heterocycles. The third-order valence-corrected chi connectivity index (χ3v) is 3.42. The largest absolute Gasteiger partial charge is 0.378 e. The number of alkyl halides is 1. The van der Waals surface area contributed by atoms with E-state index in [1.165, 1.54) is 5.69 Å². The summed E-state index contributed by atoms with van der Waals surface area (Å²) in [7, 11) is 0.